The minimum atomic E-state index is -0.616. The summed E-state index contributed by atoms with van der Waals surface area (Å²) >= 11 is 9.96. The fourth-order valence-electron chi connectivity index (χ4n) is 0.0913. The molecule has 0 spiro atoms. The first kappa shape index (κ1) is 13.1. The van der Waals surface area contributed by atoms with Crippen molar-refractivity contribution in [3.63, 3.8) is 0 Å². The lowest BCUT2D eigenvalue weighted by Gasteiger charge is -1.84. The number of hydrogen-bond donors (Lipinski definition) is 2. The second kappa shape index (κ2) is 12.2. The fraction of sp³-hybridized carbons (Fsp3) is 1.00. The highest BCUT2D eigenvalue weighted by Crippen LogP contribution is 1.96. The maximum Gasteiger partial charge on any atom is 0.130 e. The molecule has 0 aliphatic carbocycles. The lowest BCUT2D eigenvalue weighted by Crippen LogP contribution is -1.91. The van der Waals surface area contributed by atoms with Gasteiger partial charge in [-0.2, -0.15) is 0 Å². The molecule has 64 valence electrons. The van der Waals surface area contributed by atoms with Gasteiger partial charge < -0.3 is 14.9 Å². The third-order valence-corrected chi connectivity index (χ3v) is 0.709. The average molecular weight is 191 g/mol. The monoisotopic (exact) mass is 190 g/mol. The Morgan fingerprint density at radius 1 is 1.40 bits per heavy atom. The molecule has 0 aliphatic rings. The molecule has 0 aromatic rings. The summed E-state index contributed by atoms with van der Waals surface area (Å²) in [5.41, 5.74) is 0. The van der Waals surface area contributed by atoms with E-state index in [4.69, 9.17) is 33.4 Å². The summed E-state index contributed by atoms with van der Waals surface area (Å²) in [5, 5.41) is 15.8. The smallest absolute Gasteiger partial charge is 0.130 e. The molecule has 0 atom stereocenters. The SMILES string of the molecule is COCCO.OCC(Cl)Cl. The summed E-state index contributed by atoms with van der Waals surface area (Å²) in [6, 6.07) is 0. The number of hydrogen-bond acceptors (Lipinski definition) is 3. The lowest BCUT2D eigenvalue weighted by atomic mass is 10.8. The van der Waals surface area contributed by atoms with Gasteiger partial charge in [-0.15, -0.1) is 23.2 Å². The van der Waals surface area contributed by atoms with Crippen molar-refractivity contribution in [1.82, 2.24) is 0 Å². The number of methoxy groups -OCH3 is 1. The van der Waals surface area contributed by atoms with Crippen LogP contribution in [0.3, 0.4) is 0 Å². The van der Waals surface area contributed by atoms with Crippen LogP contribution in [0.5, 0.6) is 0 Å². The predicted octanol–water partition coefficient (Wildman–Crippen LogP) is 0.408. The van der Waals surface area contributed by atoms with Gasteiger partial charge in [0, 0.05) is 7.11 Å². The van der Waals surface area contributed by atoms with Gasteiger partial charge in [0.05, 0.1) is 19.8 Å². The molecule has 0 radical (unpaired) electrons. The van der Waals surface area contributed by atoms with E-state index in [9.17, 15) is 0 Å². The quantitative estimate of drug-likeness (QED) is 0.635. The van der Waals surface area contributed by atoms with Crippen LogP contribution in [-0.2, 0) is 4.74 Å². The highest BCUT2D eigenvalue weighted by molar-refractivity contribution is 6.44. The van der Waals surface area contributed by atoms with E-state index in [1.807, 2.05) is 0 Å². The van der Waals surface area contributed by atoms with Gasteiger partial charge in [0.2, 0.25) is 0 Å². The molecular weight excluding hydrogens is 179 g/mol. The summed E-state index contributed by atoms with van der Waals surface area (Å²) < 4.78 is 4.44. The molecule has 0 fully saturated rings. The zero-order valence-electron chi connectivity index (χ0n) is 5.76. The molecule has 0 aliphatic heterocycles. The molecule has 0 rings (SSSR count). The lowest BCUT2D eigenvalue weighted by molar-refractivity contribution is 0.135. The van der Waals surface area contributed by atoms with E-state index < -0.39 is 4.84 Å². The largest absolute Gasteiger partial charge is 0.394 e. The summed E-state index contributed by atoms with van der Waals surface area (Å²) in [4.78, 5) is -0.616. The Labute approximate surface area is 70.5 Å². The molecule has 0 amide bonds. The minimum Gasteiger partial charge on any atom is -0.394 e. The number of alkyl halides is 2. The number of aliphatic hydroxyl groups excluding tert-OH is 2. The Hall–Kier alpha value is 0.460. The first-order valence-electron chi connectivity index (χ1n) is 2.67. The normalized spacial score (nSPS) is 9.00. The topological polar surface area (TPSA) is 49.7 Å². The third-order valence-electron chi connectivity index (χ3n) is 0.433. The molecule has 5 heteroatoms. The molecular formula is C5H12Cl2O3. The molecule has 0 unspecified atom stereocenters. The molecule has 0 aromatic carbocycles. The molecule has 3 nitrogen and oxygen atoms in total. The van der Waals surface area contributed by atoms with Gasteiger partial charge in [0.25, 0.3) is 0 Å². The van der Waals surface area contributed by atoms with E-state index in [1.165, 1.54) is 0 Å². The van der Waals surface area contributed by atoms with Gasteiger partial charge in [0.1, 0.15) is 4.84 Å². The Kier molecular flexibility index (Phi) is 15.9. The van der Waals surface area contributed by atoms with Crippen molar-refractivity contribution in [2.75, 3.05) is 26.9 Å². The fourth-order valence-corrected chi connectivity index (χ4v) is 0.0913. The van der Waals surface area contributed by atoms with Crippen LogP contribution in [0.1, 0.15) is 0 Å². The van der Waals surface area contributed by atoms with Crippen LogP contribution in [-0.4, -0.2) is 42.0 Å². The average Bonchev–Trinajstić information content (AvgIpc) is 1.91. The van der Waals surface area contributed by atoms with Gasteiger partial charge in [-0.05, 0) is 0 Å². The molecule has 0 bridgehead atoms. The third kappa shape index (κ3) is 23.7. The van der Waals surface area contributed by atoms with E-state index in [0.29, 0.717) is 6.61 Å². The van der Waals surface area contributed by atoms with Crippen molar-refractivity contribution in [3.8, 4) is 0 Å². The second-order valence-corrected chi connectivity index (χ2v) is 2.57. The Morgan fingerprint density at radius 3 is 1.80 bits per heavy atom. The molecule has 0 heterocycles. The summed E-state index contributed by atoms with van der Waals surface area (Å²) in [7, 11) is 1.55. The maximum atomic E-state index is 7.94. The van der Waals surface area contributed by atoms with Crippen LogP contribution in [0.15, 0.2) is 0 Å². The van der Waals surface area contributed by atoms with Crippen molar-refractivity contribution < 1.29 is 14.9 Å². The Balaban J connectivity index is 0. The van der Waals surface area contributed by atoms with Gasteiger partial charge >= 0.3 is 0 Å². The number of ether oxygens (including phenoxy) is 1. The van der Waals surface area contributed by atoms with E-state index in [2.05, 4.69) is 4.74 Å². The van der Waals surface area contributed by atoms with Crippen LogP contribution in [0.25, 0.3) is 0 Å². The van der Waals surface area contributed by atoms with Crippen molar-refractivity contribution in [1.29, 1.82) is 0 Å². The Bertz CT molecular complexity index is 50.2. The number of rotatable bonds is 3. The van der Waals surface area contributed by atoms with Gasteiger partial charge in [-0.25, -0.2) is 0 Å². The molecule has 10 heavy (non-hydrogen) atoms. The first-order valence-corrected chi connectivity index (χ1v) is 3.55. The van der Waals surface area contributed by atoms with Gasteiger partial charge in [-0.1, -0.05) is 0 Å². The molecule has 2 N–H and O–H groups in total. The van der Waals surface area contributed by atoms with Crippen molar-refractivity contribution in [2.45, 2.75) is 4.84 Å². The standard InChI is InChI=1S/C3H8O2.C2H4Cl2O/c1-5-3-2-4;3-2(4)1-5/h4H,2-3H2,1H3;2,5H,1H2. The van der Waals surface area contributed by atoms with E-state index >= 15 is 0 Å². The second-order valence-electron chi connectivity index (χ2n) is 1.29. The van der Waals surface area contributed by atoms with Gasteiger partial charge in [-0.3, -0.25) is 0 Å². The zero-order valence-corrected chi connectivity index (χ0v) is 7.27. The summed E-state index contributed by atoms with van der Waals surface area (Å²) in [5.74, 6) is 0. The zero-order chi connectivity index (χ0) is 8.41. The number of halogens is 2. The molecule has 0 saturated carbocycles. The van der Waals surface area contributed by atoms with Crippen LogP contribution in [0, 0.1) is 0 Å². The maximum absolute atomic E-state index is 7.94. The van der Waals surface area contributed by atoms with Crippen molar-refractivity contribution in [3.05, 3.63) is 0 Å². The van der Waals surface area contributed by atoms with E-state index in [-0.39, 0.29) is 13.2 Å². The van der Waals surface area contributed by atoms with Crippen LogP contribution >= 0.6 is 23.2 Å². The van der Waals surface area contributed by atoms with E-state index in [0.717, 1.165) is 0 Å². The van der Waals surface area contributed by atoms with Crippen molar-refractivity contribution in [2.24, 2.45) is 0 Å². The Morgan fingerprint density at radius 2 is 1.80 bits per heavy atom. The highest BCUT2D eigenvalue weighted by Gasteiger charge is 1.88. The van der Waals surface area contributed by atoms with Gasteiger partial charge in [0.15, 0.2) is 0 Å². The van der Waals surface area contributed by atoms with Crippen LogP contribution < -0.4 is 0 Å². The van der Waals surface area contributed by atoms with Crippen LogP contribution in [0.2, 0.25) is 0 Å². The highest BCUT2D eigenvalue weighted by atomic mass is 35.5. The summed E-state index contributed by atoms with van der Waals surface area (Å²) in [6.07, 6.45) is 0. The molecule has 0 saturated heterocycles. The predicted molar refractivity (Wildman–Crippen MR) is 41.5 cm³/mol. The van der Waals surface area contributed by atoms with Crippen molar-refractivity contribution >= 4 is 23.2 Å². The van der Waals surface area contributed by atoms with E-state index in [1.54, 1.807) is 7.11 Å². The minimum absolute atomic E-state index is 0.122. The van der Waals surface area contributed by atoms with Crippen LogP contribution in [0.4, 0.5) is 0 Å². The first-order chi connectivity index (χ1) is 4.68. The number of aliphatic hydroxyl groups is 2. The molecule has 0 aromatic heterocycles. The summed E-state index contributed by atoms with van der Waals surface area (Å²) in [6.45, 7) is 0.402.